The molecule has 0 unspecified atom stereocenters. The van der Waals surface area contributed by atoms with Crippen molar-refractivity contribution in [2.45, 2.75) is 20.4 Å². The van der Waals surface area contributed by atoms with Gasteiger partial charge in [0.15, 0.2) is 5.76 Å². The number of ketones is 1. The van der Waals surface area contributed by atoms with Crippen LogP contribution in [0.4, 0.5) is 0 Å². The third-order valence-corrected chi connectivity index (χ3v) is 6.95. The maximum atomic E-state index is 13.1. The summed E-state index contributed by atoms with van der Waals surface area (Å²) in [5.41, 5.74) is 3.70. The summed E-state index contributed by atoms with van der Waals surface area (Å²) in [4.78, 5) is 18.8. The summed E-state index contributed by atoms with van der Waals surface area (Å²) in [7, 11) is 0. The summed E-state index contributed by atoms with van der Waals surface area (Å²) >= 11 is 1.62. The van der Waals surface area contributed by atoms with Crippen LogP contribution in [-0.4, -0.2) is 61.7 Å². The first-order chi connectivity index (χ1) is 14.6. The summed E-state index contributed by atoms with van der Waals surface area (Å²) in [5.74, 6) is 1.86. The van der Waals surface area contributed by atoms with E-state index in [-0.39, 0.29) is 5.78 Å². The molecule has 4 heterocycles. The highest BCUT2D eigenvalue weighted by Crippen LogP contribution is 2.44. The second-order valence-electron chi connectivity index (χ2n) is 8.06. The third-order valence-electron chi connectivity index (χ3n) is 5.99. The van der Waals surface area contributed by atoms with Crippen molar-refractivity contribution in [1.29, 1.82) is 0 Å². The number of ether oxygens (including phenoxy) is 3. The van der Waals surface area contributed by atoms with Crippen LogP contribution >= 0.6 is 11.3 Å². The Morgan fingerprint density at radius 3 is 2.70 bits per heavy atom. The predicted molar refractivity (Wildman–Crippen MR) is 116 cm³/mol. The molecule has 1 aromatic heterocycles. The maximum Gasteiger partial charge on any atom is 0.232 e. The molecule has 6 nitrogen and oxygen atoms in total. The van der Waals surface area contributed by atoms with Crippen molar-refractivity contribution in [2.75, 3.05) is 46.1 Å². The largest absolute Gasteiger partial charge is 0.478 e. The number of rotatable bonds is 4. The van der Waals surface area contributed by atoms with Gasteiger partial charge in [-0.15, -0.1) is 11.3 Å². The molecule has 30 heavy (non-hydrogen) atoms. The van der Waals surface area contributed by atoms with Crippen LogP contribution in [0.15, 0.2) is 23.3 Å². The molecule has 3 aliphatic heterocycles. The first-order valence-electron chi connectivity index (χ1n) is 10.4. The number of benzene rings is 1. The van der Waals surface area contributed by atoms with Gasteiger partial charge >= 0.3 is 0 Å². The average Bonchev–Trinajstić information content (AvgIpc) is 3.31. The van der Waals surface area contributed by atoms with E-state index >= 15 is 0 Å². The van der Waals surface area contributed by atoms with Gasteiger partial charge in [-0.25, -0.2) is 0 Å². The molecular weight excluding hydrogens is 400 g/mol. The zero-order valence-corrected chi connectivity index (χ0v) is 18.2. The van der Waals surface area contributed by atoms with Crippen molar-refractivity contribution in [2.24, 2.45) is 0 Å². The van der Waals surface area contributed by atoms with Gasteiger partial charge in [-0.05, 0) is 42.5 Å². The summed E-state index contributed by atoms with van der Waals surface area (Å²) in [5, 5.41) is 2.03. The van der Waals surface area contributed by atoms with E-state index in [1.807, 2.05) is 31.4 Å². The first-order valence-corrected chi connectivity index (χ1v) is 11.3. The predicted octanol–water partition coefficient (Wildman–Crippen LogP) is 3.47. The fourth-order valence-corrected chi connectivity index (χ4v) is 5.03. The highest BCUT2D eigenvalue weighted by Gasteiger charge is 2.35. The normalized spacial score (nSPS) is 20.7. The second kappa shape index (κ2) is 8.15. The average molecular weight is 427 g/mol. The lowest BCUT2D eigenvalue weighted by Crippen LogP contribution is -2.43. The van der Waals surface area contributed by atoms with Crippen molar-refractivity contribution >= 4 is 23.2 Å². The second-order valence-corrected chi connectivity index (χ2v) is 9.01. The van der Waals surface area contributed by atoms with E-state index in [1.54, 1.807) is 11.3 Å². The Hall–Kier alpha value is -2.19. The zero-order chi connectivity index (χ0) is 20.7. The van der Waals surface area contributed by atoms with Crippen LogP contribution in [0.2, 0.25) is 0 Å². The van der Waals surface area contributed by atoms with Crippen molar-refractivity contribution in [3.05, 3.63) is 50.4 Å². The smallest absolute Gasteiger partial charge is 0.232 e. The van der Waals surface area contributed by atoms with E-state index in [4.69, 9.17) is 14.2 Å². The molecule has 2 aromatic rings. The number of nitrogens with zero attached hydrogens (tertiary/aromatic N) is 2. The van der Waals surface area contributed by atoms with E-state index < -0.39 is 0 Å². The summed E-state index contributed by atoms with van der Waals surface area (Å²) < 4.78 is 17.6. The van der Waals surface area contributed by atoms with Gasteiger partial charge in [-0.2, -0.15) is 0 Å². The highest BCUT2D eigenvalue weighted by atomic mass is 32.1. The maximum absolute atomic E-state index is 13.1. The standard InChI is InChI=1S/C23H26N2O4S/c1-15-3-10-30-20(15)12-19-22(26)21-16(2)11-18-17(23(21)29-19)13-25(14-28-18)5-4-24-6-8-27-9-7-24/h3,10-12H,4-9,13-14H2,1-2H3/b19-12-. The molecule has 1 saturated heterocycles. The molecule has 0 amide bonds. The molecule has 0 spiro atoms. The molecule has 7 heteroatoms. The number of morpholine rings is 1. The number of aryl methyl sites for hydroxylation is 2. The Labute approximate surface area is 180 Å². The highest BCUT2D eigenvalue weighted by molar-refractivity contribution is 7.11. The Morgan fingerprint density at radius 1 is 1.13 bits per heavy atom. The fourth-order valence-electron chi connectivity index (χ4n) is 4.18. The van der Waals surface area contributed by atoms with Gasteiger partial charge in [0.25, 0.3) is 0 Å². The lowest BCUT2D eigenvalue weighted by atomic mass is 9.99. The number of hydrogen-bond acceptors (Lipinski definition) is 7. The Bertz CT molecular complexity index is 1010. The molecular formula is C23H26N2O4S. The van der Waals surface area contributed by atoms with Crippen LogP contribution in [0, 0.1) is 13.8 Å². The van der Waals surface area contributed by atoms with Gasteiger partial charge in [0.05, 0.1) is 24.3 Å². The van der Waals surface area contributed by atoms with Crippen molar-refractivity contribution in [1.82, 2.24) is 9.80 Å². The fraction of sp³-hybridized carbons (Fsp3) is 0.435. The van der Waals surface area contributed by atoms with Crippen LogP contribution < -0.4 is 9.47 Å². The molecule has 1 aromatic carbocycles. The van der Waals surface area contributed by atoms with Crippen molar-refractivity contribution in [3.63, 3.8) is 0 Å². The molecule has 0 N–H and O–H groups in total. The molecule has 3 aliphatic rings. The SMILES string of the molecule is Cc1ccsc1/C=C1\Oc2c3c(cc(C)c2C1=O)OCN(CCN1CCOCC1)C3. The van der Waals surface area contributed by atoms with Gasteiger partial charge in [0, 0.05) is 43.7 Å². The number of carbonyl (C=O) groups excluding carboxylic acids is 1. The molecule has 158 valence electrons. The number of carbonyl (C=O) groups is 1. The summed E-state index contributed by atoms with van der Waals surface area (Å²) in [6.45, 7) is 10.7. The molecule has 0 bridgehead atoms. The topological polar surface area (TPSA) is 51.2 Å². The molecule has 0 radical (unpaired) electrons. The lowest BCUT2D eigenvalue weighted by molar-refractivity contribution is 0.0239. The van der Waals surface area contributed by atoms with Crippen molar-refractivity contribution in [3.8, 4) is 11.5 Å². The third kappa shape index (κ3) is 3.67. The number of fused-ring (bicyclic) bond motifs is 3. The van der Waals surface area contributed by atoms with Crippen LogP contribution in [0.1, 0.15) is 31.9 Å². The van der Waals surface area contributed by atoms with Crippen LogP contribution in [0.5, 0.6) is 11.5 Å². The van der Waals surface area contributed by atoms with E-state index in [2.05, 4.69) is 15.9 Å². The van der Waals surface area contributed by atoms with Gasteiger partial charge in [0.2, 0.25) is 5.78 Å². The quantitative estimate of drug-likeness (QED) is 0.698. The van der Waals surface area contributed by atoms with Gasteiger partial charge in [-0.3, -0.25) is 14.6 Å². The molecule has 5 rings (SSSR count). The number of hydrogen-bond donors (Lipinski definition) is 0. The van der Waals surface area contributed by atoms with Crippen LogP contribution in [0.25, 0.3) is 6.08 Å². The van der Waals surface area contributed by atoms with E-state index in [1.165, 1.54) is 0 Å². The molecule has 0 atom stereocenters. The van der Waals surface area contributed by atoms with Gasteiger partial charge in [0.1, 0.15) is 18.2 Å². The lowest BCUT2D eigenvalue weighted by Gasteiger charge is -2.33. The molecule has 0 saturated carbocycles. The minimum absolute atomic E-state index is 0.0384. The van der Waals surface area contributed by atoms with Crippen LogP contribution in [-0.2, 0) is 11.3 Å². The number of thiophene rings is 1. The Morgan fingerprint density at radius 2 is 1.93 bits per heavy atom. The van der Waals surface area contributed by atoms with E-state index in [0.29, 0.717) is 23.8 Å². The monoisotopic (exact) mass is 426 g/mol. The minimum Gasteiger partial charge on any atom is -0.478 e. The Kier molecular flexibility index (Phi) is 5.37. The molecule has 1 fully saturated rings. The number of Topliss-reactive ketones (excluding diaryl/α,β-unsaturated/α-hetero) is 1. The first kappa shape index (κ1) is 19.8. The Balaban J connectivity index is 1.38. The van der Waals surface area contributed by atoms with E-state index in [9.17, 15) is 4.79 Å². The minimum atomic E-state index is -0.0384. The number of allylic oxidation sites excluding steroid dienone is 1. The van der Waals surface area contributed by atoms with E-state index in [0.717, 1.165) is 73.3 Å². The van der Waals surface area contributed by atoms with Crippen molar-refractivity contribution < 1.29 is 19.0 Å². The summed E-state index contributed by atoms with van der Waals surface area (Å²) in [6, 6.07) is 4.03. The van der Waals surface area contributed by atoms with Crippen LogP contribution in [0.3, 0.4) is 0 Å². The summed E-state index contributed by atoms with van der Waals surface area (Å²) in [6.07, 6.45) is 1.87. The molecule has 0 aliphatic carbocycles. The van der Waals surface area contributed by atoms with Gasteiger partial charge < -0.3 is 14.2 Å². The zero-order valence-electron chi connectivity index (χ0n) is 17.4. The van der Waals surface area contributed by atoms with Gasteiger partial charge in [-0.1, -0.05) is 0 Å².